The molecule has 0 saturated heterocycles. The lowest BCUT2D eigenvalue weighted by atomic mass is 9.99. The topological polar surface area (TPSA) is 157 Å². The minimum atomic E-state index is -1.66. The van der Waals surface area contributed by atoms with Crippen molar-refractivity contribution < 1.29 is 39.9 Å². The number of rotatable bonds is 17. The number of carbonyl (C=O) groups excluding carboxylic acids is 1. The molecule has 2 aromatic carbocycles. The van der Waals surface area contributed by atoms with E-state index in [1.807, 2.05) is 37.3 Å². The third-order valence-corrected chi connectivity index (χ3v) is 6.73. The molecule has 0 aliphatic heterocycles. The van der Waals surface area contributed by atoms with Crippen molar-refractivity contribution in [3.63, 3.8) is 0 Å². The van der Waals surface area contributed by atoms with Crippen LogP contribution in [0.4, 0.5) is 0 Å². The fourth-order valence-electron chi connectivity index (χ4n) is 3.65. The van der Waals surface area contributed by atoms with Crippen LogP contribution in [0, 0.1) is 0 Å². The van der Waals surface area contributed by atoms with Crippen LogP contribution in [0.25, 0.3) is 11.1 Å². The highest BCUT2D eigenvalue weighted by atomic mass is 32.2. The number of carbonyl (C=O) groups is 2. The molecule has 37 heavy (non-hydrogen) atoms. The smallest absolute Gasteiger partial charge is 0.332 e. The first-order valence-electron chi connectivity index (χ1n) is 12.3. The summed E-state index contributed by atoms with van der Waals surface area (Å²) in [6.07, 6.45) is -7.19. The van der Waals surface area contributed by atoms with Crippen LogP contribution < -0.4 is 5.32 Å². The van der Waals surface area contributed by atoms with Gasteiger partial charge in [0.2, 0.25) is 0 Å². The van der Waals surface area contributed by atoms with Crippen LogP contribution in [-0.2, 0) is 9.53 Å². The Morgan fingerprint density at radius 3 is 2.19 bits per heavy atom. The van der Waals surface area contributed by atoms with Gasteiger partial charge in [-0.2, -0.15) is 11.8 Å². The largest absolute Gasteiger partial charge is 0.479 e. The zero-order valence-corrected chi connectivity index (χ0v) is 21.7. The van der Waals surface area contributed by atoms with Gasteiger partial charge in [-0.25, -0.2) is 4.79 Å². The van der Waals surface area contributed by atoms with E-state index in [1.165, 1.54) is 0 Å². The summed E-state index contributed by atoms with van der Waals surface area (Å²) < 4.78 is 5.34. The molecule has 0 bridgehead atoms. The summed E-state index contributed by atoms with van der Waals surface area (Å²) in [5, 5.41) is 52.7. The summed E-state index contributed by atoms with van der Waals surface area (Å²) in [5.41, 5.74) is 2.32. The summed E-state index contributed by atoms with van der Waals surface area (Å²) in [4.78, 5) is 23.8. The number of aliphatic hydroxyl groups is 4. The highest BCUT2D eigenvalue weighted by Crippen LogP contribution is 2.19. The molecule has 10 heteroatoms. The monoisotopic (exact) mass is 535 g/mol. The SMILES string of the molecule is CCSCCCO[C@@H](C[C@H](O)C[C@@H](O)[C@H](O)C(O)CNC(=O)c1ccc(-c2ccccc2)cc1)C(=O)O. The van der Waals surface area contributed by atoms with Gasteiger partial charge in [-0.15, -0.1) is 0 Å². The fraction of sp³-hybridized carbons (Fsp3) is 0.481. The van der Waals surface area contributed by atoms with Crippen LogP contribution in [0.3, 0.4) is 0 Å². The molecule has 2 aromatic rings. The van der Waals surface area contributed by atoms with E-state index in [4.69, 9.17) is 4.74 Å². The number of ether oxygens (including phenoxy) is 1. The molecule has 204 valence electrons. The van der Waals surface area contributed by atoms with Gasteiger partial charge in [-0.1, -0.05) is 49.4 Å². The molecule has 0 aromatic heterocycles. The van der Waals surface area contributed by atoms with Crippen LogP contribution in [0.5, 0.6) is 0 Å². The Morgan fingerprint density at radius 1 is 0.919 bits per heavy atom. The molecule has 9 nitrogen and oxygen atoms in total. The molecule has 5 atom stereocenters. The van der Waals surface area contributed by atoms with Gasteiger partial charge in [-0.3, -0.25) is 4.79 Å². The lowest BCUT2D eigenvalue weighted by Crippen LogP contribution is -2.45. The normalized spacial score (nSPS) is 15.4. The van der Waals surface area contributed by atoms with Crippen molar-refractivity contribution in [1.82, 2.24) is 5.32 Å². The molecular weight excluding hydrogens is 498 g/mol. The Balaban J connectivity index is 1.78. The van der Waals surface area contributed by atoms with Gasteiger partial charge in [0.25, 0.3) is 5.91 Å². The molecule has 6 N–H and O–H groups in total. The zero-order chi connectivity index (χ0) is 27.2. The summed E-state index contributed by atoms with van der Waals surface area (Å²) in [5.74, 6) is 0.110. The Hall–Kier alpha value is -2.47. The standard InChI is InChI=1S/C27H37NO8S/c1-2-37-14-6-13-36-24(27(34)35)16-21(29)15-22(30)25(32)23(31)17-28-26(33)20-11-9-19(10-12-20)18-7-4-3-5-8-18/h3-5,7-12,21-25,29-32H,2,6,13-17H2,1H3,(H,28,33)(H,34,35)/t21-,22-,23?,24+,25+/m1/s1. The predicted octanol–water partition coefficient (Wildman–Crippen LogP) is 1.92. The molecule has 0 aliphatic carbocycles. The number of aliphatic hydroxyl groups excluding tert-OH is 4. The molecule has 0 heterocycles. The van der Waals surface area contributed by atoms with Crippen molar-refractivity contribution >= 4 is 23.6 Å². The number of carboxylic acid groups (broad SMARTS) is 1. The second-order valence-electron chi connectivity index (χ2n) is 8.65. The lowest BCUT2D eigenvalue weighted by Gasteiger charge is -2.26. The number of aliphatic carboxylic acids is 1. The third-order valence-electron chi connectivity index (χ3n) is 5.75. The van der Waals surface area contributed by atoms with Crippen molar-refractivity contribution in [2.24, 2.45) is 0 Å². The quantitative estimate of drug-likeness (QED) is 0.167. The van der Waals surface area contributed by atoms with Crippen molar-refractivity contribution in [2.45, 2.75) is 56.7 Å². The Labute approximate surface area is 221 Å². The summed E-state index contributed by atoms with van der Waals surface area (Å²) in [7, 11) is 0. The number of nitrogens with one attached hydrogen (secondary N) is 1. The molecule has 2 rings (SSSR count). The van der Waals surface area contributed by atoms with E-state index in [0.29, 0.717) is 12.0 Å². The first-order chi connectivity index (χ1) is 17.7. The van der Waals surface area contributed by atoms with Gasteiger partial charge in [0.05, 0.1) is 18.3 Å². The molecular formula is C27H37NO8S. The molecule has 1 amide bonds. The maximum atomic E-state index is 12.4. The molecule has 0 radical (unpaired) electrons. The van der Waals surface area contributed by atoms with Crippen molar-refractivity contribution in [3.05, 3.63) is 60.2 Å². The molecule has 0 saturated carbocycles. The number of benzene rings is 2. The molecule has 1 unspecified atom stereocenters. The van der Waals surface area contributed by atoms with E-state index in [1.54, 1.807) is 36.0 Å². The fourth-order valence-corrected chi connectivity index (χ4v) is 4.26. The summed E-state index contributed by atoms with van der Waals surface area (Å²) in [6.45, 7) is 1.93. The Bertz CT molecular complexity index is 943. The van der Waals surface area contributed by atoms with Gasteiger partial charge in [-0.05, 0) is 41.2 Å². The molecule has 0 fully saturated rings. The summed E-state index contributed by atoms with van der Waals surface area (Å²) >= 11 is 1.71. The van der Waals surface area contributed by atoms with Gasteiger partial charge in [0, 0.05) is 31.6 Å². The zero-order valence-electron chi connectivity index (χ0n) is 20.9. The number of carboxylic acids is 1. The first kappa shape index (κ1) is 30.8. The Morgan fingerprint density at radius 2 is 1.57 bits per heavy atom. The van der Waals surface area contributed by atoms with E-state index >= 15 is 0 Å². The van der Waals surface area contributed by atoms with Crippen LogP contribution in [0.1, 0.15) is 36.5 Å². The Kier molecular flexibility index (Phi) is 13.6. The van der Waals surface area contributed by atoms with Crippen LogP contribution in [0.15, 0.2) is 54.6 Å². The van der Waals surface area contributed by atoms with E-state index in [9.17, 15) is 35.1 Å². The van der Waals surface area contributed by atoms with E-state index in [2.05, 4.69) is 5.32 Å². The minimum absolute atomic E-state index is 0.231. The van der Waals surface area contributed by atoms with Gasteiger partial charge in [0.1, 0.15) is 6.10 Å². The third kappa shape index (κ3) is 10.8. The maximum absolute atomic E-state index is 12.4. The highest BCUT2D eigenvalue weighted by Gasteiger charge is 2.29. The van der Waals surface area contributed by atoms with Gasteiger partial charge in [0.15, 0.2) is 6.10 Å². The van der Waals surface area contributed by atoms with Gasteiger partial charge < -0.3 is 35.6 Å². The van der Waals surface area contributed by atoms with E-state index < -0.39 is 42.4 Å². The van der Waals surface area contributed by atoms with Crippen molar-refractivity contribution in [3.8, 4) is 11.1 Å². The van der Waals surface area contributed by atoms with E-state index in [-0.39, 0.29) is 26.0 Å². The van der Waals surface area contributed by atoms with E-state index in [0.717, 1.165) is 22.6 Å². The maximum Gasteiger partial charge on any atom is 0.332 e. The lowest BCUT2D eigenvalue weighted by molar-refractivity contribution is -0.153. The molecule has 0 aliphatic rings. The number of hydrogen-bond acceptors (Lipinski definition) is 8. The van der Waals surface area contributed by atoms with Crippen LogP contribution in [-0.4, -0.2) is 92.6 Å². The average Bonchev–Trinajstić information content (AvgIpc) is 2.90. The highest BCUT2D eigenvalue weighted by molar-refractivity contribution is 7.99. The van der Waals surface area contributed by atoms with Gasteiger partial charge >= 0.3 is 5.97 Å². The minimum Gasteiger partial charge on any atom is -0.479 e. The second-order valence-corrected chi connectivity index (χ2v) is 10.0. The average molecular weight is 536 g/mol. The van der Waals surface area contributed by atoms with Crippen molar-refractivity contribution in [1.29, 1.82) is 0 Å². The first-order valence-corrected chi connectivity index (χ1v) is 13.5. The van der Waals surface area contributed by atoms with Crippen LogP contribution in [0.2, 0.25) is 0 Å². The van der Waals surface area contributed by atoms with Crippen LogP contribution >= 0.6 is 11.8 Å². The number of hydrogen-bond donors (Lipinski definition) is 6. The predicted molar refractivity (Wildman–Crippen MR) is 142 cm³/mol. The number of thioether (sulfide) groups is 1. The second kappa shape index (κ2) is 16.4. The molecule has 0 spiro atoms. The van der Waals surface area contributed by atoms with Crippen molar-refractivity contribution in [2.75, 3.05) is 24.7 Å². The number of amides is 1. The summed E-state index contributed by atoms with van der Waals surface area (Å²) in [6, 6.07) is 16.6.